The summed E-state index contributed by atoms with van der Waals surface area (Å²) in [5.74, 6) is -0.137. The maximum atomic E-state index is 11.9. The highest BCUT2D eigenvalue weighted by Crippen LogP contribution is 2.22. The number of benzene rings is 1. The Kier molecular flexibility index (Phi) is 6.23. The van der Waals surface area contributed by atoms with E-state index < -0.39 is 0 Å². The van der Waals surface area contributed by atoms with Gasteiger partial charge in [0.05, 0.1) is 12.2 Å². The van der Waals surface area contributed by atoms with Crippen molar-refractivity contribution in [3.63, 3.8) is 0 Å². The molecular weight excluding hydrogens is 547 g/mol. The molecule has 1 aromatic rings. The number of carbonyl (C=O) groups excluding carboxylic acids is 1. The summed E-state index contributed by atoms with van der Waals surface area (Å²) in [4.78, 5) is 11.9. The van der Waals surface area contributed by atoms with Crippen molar-refractivity contribution in [3.05, 3.63) is 28.4 Å². The Hall–Kier alpha value is 0.840. The fourth-order valence-corrected chi connectivity index (χ4v) is 3.47. The van der Waals surface area contributed by atoms with E-state index in [2.05, 4.69) is 73.1 Å². The van der Waals surface area contributed by atoms with Gasteiger partial charge in [-0.05, 0) is 86.8 Å². The van der Waals surface area contributed by atoms with Gasteiger partial charge in [-0.1, -0.05) is 0 Å². The van der Waals surface area contributed by atoms with E-state index in [1.807, 2.05) is 12.1 Å². The van der Waals surface area contributed by atoms with Crippen molar-refractivity contribution >= 4 is 73.7 Å². The topological polar surface area (TPSA) is 49.3 Å². The summed E-state index contributed by atoms with van der Waals surface area (Å²) in [6.07, 6.45) is 0. The third kappa shape index (κ3) is 3.95. The van der Waals surface area contributed by atoms with Crippen molar-refractivity contribution in [2.45, 2.75) is 13.0 Å². The van der Waals surface area contributed by atoms with Gasteiger partial charge in [-0.3, -0.25) is 4.79 Å². The molecular formula is C10H10I3NO2. The Bertz CT molecular complexity index is 409. The van der Waals surface area contributed by atoms with E-state index in [1.54, 1.807) is 6.92 Å². The summed E-state index contributed by atoms with van der Waals surface area (Å²) in [7, 11) is 0. The van der Waals surface area contributed by atoms with Crippen LogP contribution in [0.25, 0.3) is 0 Å². The molecule has 3 nitrogen and oxygen atoms in total. The summed E-state index contributed by atoms with van der Waals surface area (Å²) in [6, 6.07) is 3.65. The van der Waals surface area contributed by atoms with Gasteiger partial charge in [-0.25, -0.2) is 0 Å². The summed E-state index contributed by atoms with van der Waals surface area (Å²) in [5.41, 5.74) is 0.664. The average Bonchev–Trinajstić information content (AvgIpc) is 2.22. The molecule has 0 aliphatic rings. The first-order valence-electron chi connectivity index (χ1n) is 4.52. The number of hydrogen-bond acceptors (Lipinski definition) is 2. The minimum absolute atomic E-state index is 0.0522. The van der Waals surface area contributed by atoms with Gasteiger partial charge in [-0.2, -0.15) is 0 Å². The van der Waals surface area contributed by atoms with Crippen LogP contribution in [-0.4, -0.2) is 23.7 Å². The molecule has 0 saturated heterocycles. The second-order valence-electron chi connectivity index (χ2n) is 3.31. The lowest BCUT2D eigenvalue weighted by atomic mass is 10.2. The molecule has 0 radical (unpaired) electrons. The number of hydrogen-bond donors (Lipinski definition) is 2. The van der Waals surface area contributed by atoms with Gasteiger partial charge in [0.1, 0.15) is 0 Å². The van der Waals surface area contributed by atoms with Crippen molar-refractivity contribution < 1.29 is 9.90 Å². The maximum absolute atomic E-state index is 11.9. The van der Waals surface area contributed by atoms with Crippen LogP contribution in [0.4, 0.5) is 0 Å². The SMILES string of the molecule is C[C@H](CO)NC(=O)c1cc(I)cc(I)c1I. The zero-order valence-electron chi connectivity index (χ0n) is 8.43. The van der Waals surface area contributed by atoms with Crippen molar-refractivity contribution in [3.8, 4) is 0 Å². The standard InChI is InChI=1S/C10H10I3NO2/c1-5(4-15)14-10(16)7-2-6(11)3-8(12)9(7)13/h2-3,5,15H,4H2,1H3,(H,14,16)/t5-/m1/s1. The van der Waals surface area contributed by atoms with Crippen LogP contribution in [0.15, 0.2) is 12.1 Å². The Morgan fingerprint density at radius 2 is 2.06 bits per heavy atom. The molecule has 0 unspecified atom stereocenters. The first-order chi connectivity index (χ1) is 7.45. The molecule has 1 rings (SSSR count). The highest BCUT2D eigenvalue weighted by molar-refractivity contribution is 14.1. The highest BCUT2D eigenvalue weighted by atomic mass is 127. The van der Waals surface area contributed by atoms with Crippen LogP contribution < -0.4 is 5.32 Å². The Morgan fingerprint density at radius 3 is 2.62 bits per heavy atom. The molecule has 1 atom stereocenters. The fraction of sp³-hybridized carbons (Fsp3) is 0.300. The third-order valence-electron chi connectivity index (χ3n) is 1.89. The van der Waals surface area contributed by atoms with Crippen LogP contribution in [0.2, 0.25) is 0 Å². The van der Waals surface area contributed by atoms with Gasteiger partial charge in [0.15, 0.2) is 0 Å². The maximum Gasteiger partial charge on any atom is 0.252 e. The van der Waals surface area contributed by atoms with E-state index in [-0.39, 0.29) is 18.6 Å². The Labute approximate surface area is 135 Å². The van der Waals surface area contributed by atoms with Gasteiger partial charge in [0.25, 0.3) is 5.91 Å². The quantitative estimate of drug-likeness (QED) is 0.444. The normalized spacial score (nSPS) is 12.3. The molecule has 6 heteroatoms. The molecule has 0 heterocycles. The molecule has 0 spiro atoms. The molecule has 0 aliphatic heterocycles. The smallest absolute Gasteiger partial charge is 0.252 e. The summed E-state index contributed by atoms with van der Waals surface area (Å²) >= 11 is 6.56. The molecule has 0 fully saturated rings. The Balaban J connectivity index is 2.99. The molecule has 2 N–H and O–H groups in total. The lowest BCUT2D eigenvalue weighted by Crippen LogP contribution is -2.35. The molecule has 88 valence electrons. The summed E-state index contributed by atoms with van der Waals surface area (Å²) in [5, 5.41) is 11.6. The van der Waals surface area contributed by atoms with E-state index in [0.717, 1.165) is 10.7 Å². The number of amides is 1. The van der Waals surface area contributed by atoms with Gasteiger partial charge >= 0.3 is 0 Å². The van der Waals surface area contributed by atoms with E-state index >= 15 is 0 Å². The second kappa shape index (κ2) is 6.69. The molecule has 0 aromatic heterocycles. The largest absolute Gasteiger partial charge is 0.394 e. The van der Waals surface area contributed by atoms with Crippen molar-refractivity contribution in [2.24, 2.45) is 0 Å². The molecule has 0 bridgehead atoms. The molecule has 0 aliphatic carbocycles. The minimum atomic E-state index is -0.223. The summed E-state index contributed by atoms with van der Waals surface area (Å²) < 4.78 is 3.04. The van der Waals surface area contributed by atoms with E-state index in [1.165, 1.54) is 0 Å². The lowest BCUT2D eigenvalue weighted by Gasteiger charge is -2.12. The Morgan fingerprint density at radius 1 is 1.44 bits per heavy atom. The number of aliphatic hydroxyl groups excluding tert-OH is 1. The van der Waals surface area contributed by atoms with Crippen molar-refractivity contribution in [2.75, 3.05) is 6.61 Å². The zero-order valence-corrected chi connectivity index (χ0v) is 14.9. The first-order valence-corrected chi connectivity index (χ1v) is 7.75. The number of halogens is 3. The highest BCUT2D eigenvalue weighted by Gasteiger charge is 2.15. The molecule has 1 amide bonds. The third-order valence-corrected chi connectivity index (χ3v) is 5.56. The van der Waals surface area contributed by atoms with Crippen LogP contribution in [0.5, 0.6) is 0 Å². The predicted octanol–water partition coefficient (Wildman–Crippen LogP) is 2.61. The monoisotopic (exact) mass is 557 g/mol. The van der Waals surface area contributed by atoms with E-state index in [9.17, 15) is 4.79 Å². The van der Waals surface area contributed by atoms with Crippen LogP contribution in [-0.2, 0) is 0 Å². The van der Waals surface area contributed by atoms with Crippen LogP contribution in [0.3, 0.4) is 0 Å². The number of nitrogens with one attached hydrogen (secondary N) is 1. The number of aliphatic hydroxyl groups is 1. The van der Waals surface area contributed by atoms with E-state index in [4.69, 9.17) is 5.11 Å². The van der Waals surface area contributed by atoms with Crippen molar-refractivity contribution in [1.29, 1.82) is 0 Å². The van der Waals surface area contributed by atoms with Crippen LogP contribution in [0, 0.1) is 10.7 Å². The second-order valence-corrected chi connectivity index (χ2v) is 6.79. The van der Waals surface area contributed by atoms with E-state index in [0.29, 0.717) is 5.56 Å². The molecule has 16 heavy (non-hydrogen) atoms. The molecule has 1 aromatic carbocycles. The van der Waals surface area contributed by atoms with Crippen LogP contribution in [0.1, 0.15) is 17.3 Å². The number of carbonyl (C=O) groups is 1. The van der Waals surface area contributed by atoms with Gasteiger partial charge < -0.3 is 10.4 Å². The lowest BCUT2D eigenvalue weighted by molar-refractivity contribution is 0.0921. The molecule has 0 saturated carbocycles. The van der Waals surface area contributed by atoms with Crippen molar-refractivity contribution in [1.82, 2.24) is 5.32 Å². The summed E-state index contributed by atoms with van der Waals surface area (Å²) in [6.45, 7) is 1.72. The van der Waals surface area contributed by atoms with Gasteiger partial charge in [0, 0.05) is 16.8 Å². The minimum Gasteiger partial charge on any atom is -0.394 e. The van der Waals surface area contributed by atoms with Gasteiger partial charge in [-0.15, -0.1) is 0 Å². The first kappa shape index (κ1) is 14.9. The van der Waals surface area contributed by atoms with Crippen LogP contribution >= 0.6 is 67.8 Å². The number of rotatable bonds is 3. The van der Waals surface area contributed by atoms with Gasteiger partial charge in [0.2, 0.25) is 0 Å². The average molecular weight is 557 g/mol. The zero-order chi connectivity index (χ0) is 12.3. The fourth-order valence-electron chi connectivity index (χ4n) is 1.07. The predicted molar refractivity (Wildman–Crippen MR) is 88.6 cm³/mol.